The lowest BCUT2D eigenvalue weighted by Gasteiger charge is -2.26. The molecule has 0 N–H and O–H groups in total. The first-order valence-corrected chi connectivity index (χ1v) is 6.53. The standard InChI is InChI=1S/C15H18N2O2/c1-19-14(12-6-3-2-4-7-12)15(18)17(11-5-10-16)13-8-9-13/h2-4,6-7,13-14H,5,8-9,11H2,1H3. The first-order valence-electron chi connectivity index (χ1n) is 6.53. The molecule has 1 unspecified atom stereocenters. The summed E-state index contributed by atoms with van der Waals surface area (Å²) >= 11 is 0. The van der Waals surface area contributed by atoms with E-state index in [2.05, 4.69) is 6.07 Å². The summed E-state index contributed by atoms with van der Waals surface area (Å²) in [4.78, 5) is 14.3. The number of hydrogen-bond donors (Lipinski definition) is 0. The Hall–Kier alpha value is -1.86. The Morgan fingerprint density at radius 3 is 2.68 bits per heavy atom. The maximum atomic E-state index is 12.6. The van der Waals surface area contributed by atoms with Gasteiger partial charge in [-0.05, 0) is 18.4 Å². The van der Waals surface area contributed by atoms with Crippen LogP contribution in [0.25, 0.3) is 0 Å². The largest absolute Gasteiger partial charge is 0.367 e. The molecule has 1 aliphatic carbocycles. The molecule has 1 saturated carbocycles. The zero-order chi connectivity index (χ0) is 13.7. The van der Waals surface area contributed by atoms with Crippen molar-refractivity contribution in [2.45, 2.75) is 31.4 Å². The minimum absolute atomic E-state index is 0.0357. The molecular weight excluding hydrogens is 240 g/mol. The highest BCUT2D eigenvalue weighted by Gasteiger charge is 2.36. The molecule has 0 spiro atoms. The lowest BCUT2D eigenvalue weighted by molar-refractivity contribution is -0.143. The summed E-state index contributed by atoms with van der Waals surface area (Å²) in [5.74, 6) is -0.0357. The molecule has 1 aromatic rings. The van der Waals surface area contributed by atoms with Crippen LogP contribution in [0.4, 0.5) is 0 Å². The molecular formula is C15H18N2O2. The number of benzene rings is 1. The van der Waals surface area contributed by atoms with E-state index in [0.29, 0.717) is 19.0 Å². The number of carbonyl (C=O) groups excluding carboxylic acids is 1. The van der Waals surface area contributed by atoms with E-state index in [9.17, 15) is 4.79 Å². The molecule has 0 aliphatic heterocycles. The molecule has 1 fully saturated rings. The maximum Gasteiger partial charge on any atom is 0.256 e. The monoisotopic (exact) mass is 258 g/mol. The summed E-state index contributed by atoms with van der Waals surface area (Å²) in [6.07, 6.45) is 1.86. The number of amides is 1. The average Bonchev–Trinajstić information content (AvgIpc) is 3.26. The van der Waals surface area contributed by atoms with Gasteiger partial charge >= 0.3 is 0 Å². The first-order chi connectivity index (χ1) is 9.27. The van der Waals surface area contributed by atoms with Crippen molar-refractivity contribution >= 4 is 5.91 Å². The predicted octanol–water partition coefficient (Wildman–Crippen LogP) is 2.28. The Morgan fingerprint density at radius 2 is 2.16 bits per heavy atom. The Kier molecular flexibility index (Phi) is 4.53. The van der Waals surface area contributed by atoms with E-state index >= 15 is 0 Å². The highest BCUT2D eigenvalue weighted by molar-refractivity contribution is 5.83. The van der Waals surface area contributed by atoms with Crippen LogP contribution in [0.15, 0.2) is 30.3 Å². The molecule has 0 saturated heterocycles. The third-order valence-electron chi connectivity index (χ3n) is 3.30. The lowest BCUT2D eigenvalue weighted by Crippen LogP contribution is -2.38. The minimum atomic E-state index is -0.569. The molecule has 100 valence electrons. The zero-order valence-corrected chi connectivity index (χ0v) is 11.1. The molecule has 0 aromatic heterocycles. The van der Waals surface area contributed by atoms with E-state index in [1.165, 1.54) is 0 Å². The second-order valence-corrected chi connectivity index (χ2v) is 4.70. The molecule has 2 rings (SSSR count). The van der Waals surface area contributed by atoms with Gasteiger partial charge in [0.05, 0.1) is 12.5 Å². The van der Waals surface area contributed by atoms with E-state index in [4.69, 9.17) is 10.00 Å². The van der Waals surface area contributed by atoms with E-state index < -0.39 is 6.10 Å². The summed E-state index contributed by atoms with van der Waals surface area (Å²) in [7, 11) is 1.55. The number of carbonyl (C=O) groups is 1. The van der Waals surface area contributed by atoms with Crippen molar-refractivity contribution in [2.24, 2.45) is 0 Å². The van der Waals surface area contributed by atoms with Crippen LogP contribution in [0.2, 0.25) is 0 Å². The van der Waals surface area contributed by atoms with Crippen LogP contribution in [-0.2, 0) is 9.53 Å². The summed E-state index contributed by atoms with van der Waals surface area (Å²) in [6, 6.07) is 11.9. The van der Waals surface area contributed by atoms with Crippen LogP contribution in [-0.4, -0.2) is 30.5 Å². The van der Waals surface area contributed by atoms with Gasteiger partial charge in [0.1, 0.15) is 0 Å². The van der Waals surface area contributed by atoms with Crippen molar-refractivity contribution in [1.82, 2.24) is 4.90 Å². The smallest absolute Gasteiger partial charge is 0.256 e. The summed E-state index contributed by atoms with van der Waals surface area (Å²) < 4.78 is 5.36. The SMILES string of the molecule is COC(C(=O)N(CCC#N)C1CC1)c1ccccc1. The third-order valence-corrected chi connectivity index (χ3v) is 3.30. The quantitative estimate of drug-likeness (QED) is 0.786. The Labute approximate surface area is 113 Å². The highest BCUT2D eigenvalue weighted by Crippen LogP contribution is 2.30. The molecule has 1 aromatic carbocycles. The van der Waals surface area contributed by atoms with Gasteiger partial charge in [-0.2, -0.15) is 5.26 Å². The van der Waals surface area contributed by atoms with Crippen LogP contribution in [0.5, 0.6) is 0 Å². The number of ether oxygens (including phenoxy) is 1. The van der Waals surface area contributed by atoms with Gasteiger partial charge in [-0.1, -0.05) is 30.3 Å². The second-order valence-electron chi connectivity index (χ2n) is 4.70. The summed E-state index contributed by atoms with van der Waals surface area (Å²) in [5.41, 5.74) is 0.859. The van der Waals surface area contributed by atoms with Crippen LogP contribution in [0, 0.1) is 11.3 Å². The minimum Gasteiger partial charge on any atom is -0.367 e. The Balaban J connectivity index is 2.12. The number of hydrogen-bond acceptors (Lipinski definition) is 3. The third kappa shape index (κ3) is 3.33. The second kappa shape index (κ2) is 6.35. The van der Waals surface area contributed by atoms with Gasteiger partial charge in [0.2, 0.25) is 0 Å². The number of methoxy groups -OCH3 is 1. The van der Waals surface area contributed by atoms with Gasteiger partial charge < -0.3 is 9.64 Å². The number of nitriles is 1. The summed E-state index contributed by atoms with van der Waals surface area (Å²) in [5, 5.41) is 8.69. The number of rotatable bonds is 6. The molecule has 0 heterocycles. The van der Waals surface area contributed by atoms with Crippen LogP contribution < -0.4 is 0 Å². The van der Waals surface area contributed by atoms with Crippen molar-refractivity contribution in [3.8, 4) is 6.07 Å². The van der Waals surface area contributed by atoms with Crippen molar-refractivity contribution < 1.29 is 9.53 Å². The molecule has 1 amide bonds. The fraction of sp³-hybridized carbons (Fsp3) is 0.467. The van der Waals surface area contributed by atoms with E-state index in [1.807, 2.05) is 30.3 Å². The van der Waals surface area contributed by atoms with Gasteiger partial charge in [-0.25, -0.2) is 0 Å². The Morgan fingerprint density at radius 1 is 1.47 bits per heavy atom. The highest BCUT2D eigenvalue weighted by atomic mass is 16.5. The average molecular weight is 258 g/mol. The van der Waals surface area contributed by atoms with E-state index in [-0.39, 0.29) is 5.91 Å². The zero-order valence-electron chi connectivity index (χ0n) is 11.1. The fourth-order valence-electron chi connectivity index (χ4n) is 2.19. The van der Waals surface area contributed by atoms with Crippen LogP contribution in [0.3, 0.4) is 0 Å². The molecule has 1 aliphatic rings. The summed E-state index contributed by atoms with van der Waals surface area (Å²) in [6.45, 7) is 0.493. The fourth-order valence-corrected chi connectivity index (χ4v) is 2.19. The van der Waals surface area contributed by atoms with Crippen LogP contribution in [0.1, 0.15) is 30.9 Å². The molecule has 0 bridgehead atoms. The first kappa shape index (κ1) is 13.6. The number of nitrogens with zero attached hydrogens (tertiary/aromatic N) is 2. The topological polar surface area (TPSA) is 53.3 Å². The Bertz CT molecular complexity index is 463. The molecule has 4 heteroatoms. The lowest BCUT2D eigenvalue weighted by atomic mass is 10.1. The molecule has 19 heavy (non-hydrogen) atoms. The van der Waals surface area contributed by atoms with Crippen LogP contribution >= 0.6 is 0 Å². The van der Waals surface area contributed by atoms with Gasteiger partial charge in [0, 0.05) is 19.7 Å². The molecule has 4 nitrogen and oxygen atoms in total. The predicted molar refractivity (Wildman–Crippen MR) is 71.2 cm³/mol. The van der Waals surface area contributed by atoms with Crippen molar-refractivity contribution in [3.63, 3.8) is 0 Å². The van der Waals surface area contributed by atoms with E-state index in [1.54, 1.807) is 12.0 Å². The molecule has 0 radical (unpaired) electrons. The van der Waals surface area contributed by atoms with Gasteiger partial charge in [-0.15, -0.1) is 0 Å². The molecule has 1 atom stereocenters. The normalized spacial score (nSPS) is 15.6. The van der Waals surface area contributed by atoms with Gasteiger partial charge in [-0.3, -0.25) is 4.79 Å². The van der Waals surface area contributed by atoms with Crippen molar-refractivity contribution in [3.05, 3.63) is 35.9 Å². The van der Waals surface area contributed by atoms with Gasteiger partial charge in [0.25, 0.3) is 5.91 Å². The van der Waals surface area contributed by atoms with Crippen molar-refractivity contribution in [1.29, 1.82) is 5.26 Å². The van der Waals surface area contributed by atoms with Crippen molar-refractivity contribution in [2.75, 3.05) is 13.7 Å². The maximum absolute atomic E-state index is 12.6. The van der Waals surface area contributed by atoms with E-state index in [0.717, 1.165) is 18.4 Å². The van der Waals surface area contributed by atoms with Gasteiger partial charge in [0.15, 0.2) is 6.10 Å².